The number of fused-ring (bicyclic) bond motifs is 1. The highest BCUT2D eigenvalue weighted by Gasteiger charge is 2.38. The van der Waals surface area contributed by atoms with E-state index in [0.717, 1.165) is 22.0 Å². The van der Waals surface area contributed by atoms with Gasteiger partial charge < -0.3 is 9.47 Å². The molecular weight excluding hydrogens is 378 g/mol. The van der Waals surface area contributed by atoms with Crippen molar-refractivity contribution in [3.63, 3.8) is 0 Å². The normalized spacial score (nSPS) is 15.2. The molecule has 0 saturated heterocycles. The molecule has 0 bridgehead atoms. The van der Waals surface area contributed by atoms with Crippen LogP contribution in [0.25, 0.3) is 16.8 Å². The molecule has 1 aliphatic rings. The molecule has 5 nitrogen and oxygen atoms in total. The fraction of sp³-hybridized carbons (Fsp3) is 0.120. The Morgan fingerprint density at radius 2 is 1.63 bits per heavy atom. The summed E-state index contributed by atoms with van der Waals surface area (Å²) in [6.07, 6.45) is 1.71. The van der Waals surface area contributed by atoms with E-state index in [1.54, 1.807) is 25.0 Å². The van der Waals surface area contributed by atoms with Crippen molar-refractivity contribution in [2.75, 3.05) is 19.1 Å². The van der Waals surface area contributed by atoms with Gasteiger partial charge in [0.05, 0.1) is 31.1 Å². The Kier molecular flexibility index (Phi) is 5.11. The second kappa shape index (κ2) is 7.87. The fourth-order valence-corrected chi connectivity index (χ4v) is 3.74. The van der Waals surface area contributed by atoms with E-state index in [9.17, 15) is 9.59 Å². The second-order valence-electron chi connectivity index (χ2n) is 6.92. The van der Waals surface area contributed by atoms with Crippen LogP contribution in [0.3, 0.4) is 0 Å². The zero-order valence-electron chi connectivity index (χ0n) is 17.0. The zero-order valence-corrected chi connectivity index (χ0v) is 17.0. The van der Waals surface area contributed by atoms with Crippen molar-refractivity contribution in [2.45, 2.75) is 6.92 Å². The number of rotatable bonds is 4. The molecule has 3 aromatic rings. The molecule has 0 spiro atoms. The average molecular weight is 399 g/mol. The van der Waals surface area contributed by atoms with Crippen LogP contribution >= 0.6 is 0 Å². The molecule has 0 N–H and O–H groups in total. The largest absolute Gasteiger partial charge is 0.497 e. The summed E-state index contributed by atoms with van der Waals surface area (Å²) in [4.78, 5) is 27.7. The Labute approximate surface area is 174 Å². The minimum Gasteiger partial charge on any atom is -0.497 e. The molecule has 30 heavy (non-hydrogen) atoms. The van der Waals surface area contributed by atoms with Gasteiger partial charge in [0.1, 0.15) is 5.75 Å². The Morgan fingerprint density at radius 3 is 2.33 bits per heavy atom. The lowest BCUT2D eigenvalue weighted by atomic mass is 10.0. The third-order valence-corrected chi connectivity index (χ3v) is 5.22. The quantitative estimate of drug-likeness (QED) is 0.470. The van der Waals surface area contributed by atoms with E-state index >= 15 is 0 Å². The van der Waals surface area contributed by atoms with Crippen LogP contribution < -0.4 is 9.64 Å². The Morgan fingerprint density at radius 1 is 0.933 bits per heavy atom. The first-order valence-corrected chi connectivity index (χ1v) is 9.52. The summed E-state index contributed by atoms with van der Waals surface area (Å²) in [5.41, 5.74) is 2.63. The molecule has 150 valence electrons. The van der Waals surface area contributed by atoms with Gasteiger partial charge in [-0.3, -0.25) is 9.69 Å². The topological polar surface area (TPSA) is 55.8 Å². The number of benzene rings is 3. The van der Waals surface area contributed by atoms with Gasteiger partial charge in [0.25, 0.3) is 5.91 Å². The maximum Gasteiger partial charge on any atom is 0.340 e. The smallest absolute Gasteiger partial charge is 0.340 e. The summed E-state index contributed by atoms with van der Waals surface area (Å²) in [7, 11) is 2.91. The van der Waals surface area contributed by atoms with Gasteiger partial charge in [-0.2, -0.15) is 0 Å². The van der Waals surface area contributed by atoms with Crippen molar-refractivity contribution >= 4 is 34.4 Å². The molecule has 1 aliphatic heterocycles. The van der Waals surface area contributed by atoms with Gasteiger partial charge in [-0.1, -0.05) is 48.5 Å². The van der Waals surface area contributed by atoms with Crippen molar-refractivity contribution in [1.82, 2.24) is 0 Å². The molecule has 4 rings (SSSR count). The lowest BCUT2D eigenvalue weighted by Crippen LogP contribution is -2.24. The van der Waals surface area contributed by atoms with Crippen LogP contribution in [-0.4, -0.2) is 26.1 Å². The van der Waals surface area contributed by atoms with Crippen molar-refractivity contribution < 1.29 is 19.1 Å². The highest BCUT2D eigenvalue weighted by Crippen LogP contribution is 2.38. The number of hydrogen-bond donors (Lipinski definition) is 0. The Balaban J connectivity index is 1.87. The second-order valence-corrected chi connectivity index (χ2v) is 6.92. The number of carbonyl (C=O) groups excluding carboxylic acids is 2. The van der Waals surface area contributed by atoms with E-state index in [-0.39, 0.29) is 11.5 Å². The summed E-state index contributed by atoms with van der Waals surface area (Å²) in [5, 5.41) is 1.95. The van der Waals surface area contributed by atoms with Crippen LogP contribution in [0.5, 0.6) is 5.75 Å². The van der Waals surface area contributed by atoms with E-state index < -0.39 is 5.97 Å². The fourth-order valence-electron chi connectivity index (χ4n) is 3.74. The van der Waals surface area contributed by atoms with Crippen molar-refractivity contribution in [3.8, 4) is 5.75 Å². The van der Waals surface area contributed by atoms with Gasteiger partial charge in [0.2, 0.25) is 0 Å². The van der Waals surface area contributed by atoms with E-state index in [1.165, 1.54) is 7.11 Å². The third-order valence-electron chi connectivity index (χ3n) is 5.22. The van der Waals surface area contributed by atoms with Gasteiger partial charge in [0.15, 0.2) is 0 Å². The number of amides is 1. The monoisotopic (exact) mass is 399 g/mol. The molecule has 0 fully saturated rings. The lowest BCUT2D eigenvalue weighted by molar-refractivity contribution is -0.136. The molecule has 0 radical (unpaired) electrons. The zero-order chi connectivity index (χ0) is 21.3. The molecule has 5 heteroatoms. The summed E-state index contributed by atoms with van der Waals surface area (Å²) in [5.74, 6) is -0.0874. The van der Waals surface area contributed by atoms with Crippen LogP contribution in [0.1, 0.15) is 12.5 Å². The SMILES string of the molecule is COC(=O)C1=C(C)N(c2cccc3ccccc23)C(=O)C1=Cc1ccc(OC)cc1. The van der Waals surface area contributed by atoms with Crippen LogP contribution in [0.15, 0.2) is 83.6 Å². The molecule has 0 aliphatic carbocycles. The molecular formula is C25H21NO4. The van der Waals surface area contributed by atoms with Crippen molar-refractivity contribution in [2.24, 2.45) is 0 Å². The highest BCUT2D eigenvalue weighted by molar-refractivity contribution is 6.25. The van der Waals surface area contributed by atoms with Gasteiger partial charge >= 0.3 is 5.97 Å². The van der Waals surface area contributed by atoms with E-state index in [2.05, 4.69) is 0 Å². The minimum atomic E-state index is -0.539. The molecule has 0 saturated carbocycles. The van der Waals surface area contributed by atoms with E-state index in [4.69, 9.17) is 9.47 Å². The number of allylic oxidation sites excluding steroid dienone is 1. The first-order chi connectivity index (χ1) is 14.5. The van der Waals surface area contributed by atoms with E-state index in [1.807, 2.05) is 66.7 Å². The number of ether oxygens (including phenoxy) is 2. The van der Waals surface area contributed by atoms with E-state index in [0.29, 0.717) is 17.0 Å². The van der Waals surface area contributed by atoms with Crippen molar-refractivity contribution in [3.05, 3.63) is 89.1 Å². The summed E-state index contributed by atoms with van der Waals surface area (Å²) in [6.45, 7) is 1.76. The third kappa shape index (κ3) is 3.24. The number of esters is 1. The maximum absolute atomic E-state index is 13.5. The molecule has 0 atom stereocenters. The Hall–Kier alpha value is -3.86. The van der Waals surface area contributed by atoms with Gasteiger partial charge in [0, 0.05) is 11.1 Å². The predicted molar refractivity (Wildman–Crippen MR) is 117 cm³/mol. The molecule has 1 amide bonds. The first-order valence-electron chi connectivity index (χ1n) is 9.52. The molecule has 0 aromatic heterocycles. The molecule has 0 unspecified atom stereocenters. The van der Waals surface area contributed by atoms with Crippen LogP contribution in [0.2, 0.25) is 0 Å². The lowest BCUT2D eigenvalue weighted by Gasteiger charge is -2.20. The predicted octanol–water partition coefficient (Wildman–Crippen LogP) is 4.73. The molecule has 3 aromatic carbocycles. The number of anilines is 1. The number of carbonyl (C=O) groups is 2. The summed E-state index contributed by atoms with van der Waals surface area (Å²) >= 11 is 0. The van der Waals surface area contributed by atoms with Gasteiger partial charge in [-0.05, 0) is 42.1 Å². The number of nitrogens with zero attached hydrogens (tertiary/aromatic N) is 1. The minimum absolute atomic E-state index is 0.264. The van der Waals surface area contributed by atoms with Gasteiger partial charge in [-0.15, -0.1) is 0 Å². The van der Waals surface area contributed by atoms with Crippen LogP contribution in [0, 0.1) is 0 Å². The number of hydrogen-bond acceptors (Lipinski definition) is 4. The average Bonchev–Trinajstić information content (AvgIpc) is 3.02. The van der Waals surface area contributed by atoms with Crippen molar-refractivity contribution in [1.29, 1.82) is 0 Å². The Bertz CT molecular complexity index is 1200. The van der Waals surface area contributed by atoms with Crippen LogP contribution in [-0.2, 0) is 14.3 Å². The standard InChI is InChI=1S/C25H21NO4/c1-16-23(25(28)30-3)21(15-17-11-13-19(29-2)14-12-17)24(27)26(16)22-10-6-8-18-7-4-5-9-20(18)22/h4-15H,1-3H3. The van der Waals surface area contributed by atoms with Crippen LogP contribution in [0.4, 0.5) is 5.69 Å². The van der Waals surface area contributed by atoms with Gasteiger partial charge in [-0.25, -0.2) is 4.79 Å². The summed E-state index contributed by atoms with van der Waals surface area (Å²) in [6, 6.07) is 20.9. The summed E-state index contributed by atoms with van der Waals surface area (Å²) < 4.78 is 10.2. The highest BCUT2D eigenvalue weighted by atomic mass is 16.5. The first kappa shape index (κ1) is 19.5. The maximum atomic E-state index is 13.5. The number of methoxy groups -OCH3 is 2. The molecule has 1 heterocycles.